The molecule has 1 N–H and O–H groups in total. The van der Waals surface area contributed by atoms with Crippen LogP contribution in [-0.4, -0.2) is 11.8 Å². The number of Topliss-reactive ketones (excluding diaryl/α,β-unsaturated/α-hetero) is 1. The van der Waals surface area contributed by atoms with Crippen molar-refractivity contribution < 1.29 is 9.28 Å². The molecule has 0 rings (SSSR count). The summed E-state index contributed by atoms with van der Waals surface area (Å²) in [6, 6.07) is -0.611. The summed E-state index contributed by atoms with van der Waals surface area (Å²) in [7, 11) is 0. The minimum absolute atomic E-state index is 0.142. The lowest BCUT2D eigenvalue weighted by Crippen LogP contribution is -2.30. The molecule has 0 amide bonds. The second-order valence-electron chi connectivity index (χ2n) is 2.90. The van der Waals surface area contributed by atoms with Gasteiger partial charge in [-0.15, -0.1) is 10.0 Å². The molecule has 0 saturated heterocycles. The Bertz CT molecular complexity index is 114. The maximum Gasteiger partial charge on any atom is 0.149 e. The van der Waals surface area contributed by atoms with Crippen LogP contribution in [0.25, 0.3) is 0 Å². The van der Waals surface area contributed by atoms with Gasteiger partial charge in [0, 0.05) is 0 Å². The molecule has 0 aliphatic heterocycles. The highest BCUT2D eigenvalue weighted by atomic mass is 19.2. The maximum atomic E-state index is 11.8. The molecular formula is C7H14FNO. The molecule has 3 heteroatoms. The first kappa shape index (κ1) is 9.56. The van der Waals surface area contributed by atoms with E-state index in [4.69, 9.17) is 0 Å². The Balaban J connectivity index is 3.72. The number of nitrogens with one attached hydrogen (secondary N) is 1. The Hall–Kier alpha value is -0.440. The molecule has 1 unspecified atom stereocenters. The normalized spacial score (nSPS) is 13.7. The first-order valence-corrected chi connectivity index (χ1v) is 3.44. The van der Waals surface area contributed by atoms with Crippen molar-refractivity contribution in [3.63, 3.8) is 0 Å². The van der Waals surface area contributed by atoms with Crippen LogP contribution in [-0.2, 0) is 4.79 Å². The predicted molar refractivity (Wildman–Crippen MR) is 38.2 cm³/mol. The van der Waals surface area contributed by atoms with E-state index in [2.05, 4.69) is 0 Å². The highest BCUT2D eigenvalue weighted by Crippen LogP contribution is 2.04. The third kappa shape index (κ3) is 3.56. The van der Waals surface area contributed by atoms with Gasteiger partial charge in [-0.2, -0.15) is 0 Å². The van der Waals surface area contributed by atoms with E-state index < -0.39 is 6.04 Å². The number of hydrogen-bond donors (Lipinski definition) is 1. The van der Waals surface area contributed by atoms with Crippen LogP contribution in [0.1, 0.15) is 27.2 Å². The van der Waals surface area contributed by atoms with Crippen molar-refractivity contribution in [1.82, 2.24) is 5.54 Å². The summed E-state index contributed by atoms with van der Waals surface area (Å²) in [6.07, 6.45) is 0.561. The molecule has 0 saturated carbocycles. The SMILES string of the molecule is CC(=O)C(CC(C)C)NF. The third-order valence-corrected chi connectivity index (χ3v) is 1.33. The van der Waals surface area contributed by atoms with Crippen LogP contribution in [0.5, 0.6) is 0 Å². The van der Waals surface area contributed by atoms with E-state index in [1.165, 1.54) is 12.5 Å². The highest BCUT2D eigenvalue weighted by molar-refractivity contribution is 5.81. The average Bonchev–Trinajstić information content (AvgIpc) is 1.81. The lowest BCUT2D eigenvalue weighted by atomic mass is 10.0. The topological polar surface area (TPSA) is 29.1 Å². The lowest BCUT2D eigenvalue weighted by molar-refractivity contribution is -0.120. The van der Waals surface area contributed by atoms with Crippen molar-refractivity contribution in [3.05, 3.63) is 0 Å². The number of rotatable bonds is 4. The van der Waals surface area contributed by atoms with Gasteiger partial charge in [0.15, 0.2) is 0 Å². The summed E-state index contributed by atoms with van der Waals surface area (Å²) in [4.78, 5) is 10.6. The van der Waals surface area contributed by atoms with E-state index in [1.54, 1.807) is 0 Å². The summed E-state index contributed by atoms with van der Waals surface area (Å²) in [5, 5.41) is 0. The van der Waals surface area contributed by atoms with Gasteiger partial charge in [0.25, 0.3) is 0 Å². The zero-order chi connectivity index (χ0) is 8.15. The molecule has 60 valence electrons. The van der Waals surface area contributed by atoms with E-state index in [0.29, 0.717) is 12.3 Å². The third-order valence-electron chi connectivity index (χ3n) is 1.33. The summed E-state index contributed by atoms with van der Waals surface area (Å²) < 4.78 is 11.8. The van der Waals surface area contributed by atoms with Gasteiger partial charge in [0.1, 0.15) is 5.78 Å². The Morgan fingerprint density at radius 2 is 2.10 bits per heavy atom. The van der Waals surface area contributed by atoms with Gasteiger partial charge in [-0.05, 0) is 19.3 Å². The standard InChI is InChI=1S/C7H14FNO/c1-5(2)4-7(9-8)6(3)10/h5,7,9H,4H2,1-3H3. The Labute approximate surface area is 60.7 Å². The van der Waals surface area contributed by atoms with Crippen molar-refractivity contribution in [2.24, 2.45) is 5.92 Å². The number of hydrogen-bond acceptors (Lipinski definition) is 2. The lowest BCUT2D eigenvalue weighted by Gasteiger charge is -2.11. The fraction of sp³-hybridized carbons (Fsp3) is 0.857. The molecule has 0 bridgehead atoms. The molecule has 2 nitrogen and oxygen atoms in total. The van der Waals surface area contributed by atoms with Crippen molar-refractivity contribution in [3.8, 4) is 0 Å². The summed E-state index contributed by atoms with van der Waals surface area (Å²) >= 11 is 0. The minimum Gasteiger partial charge on any atom is -0.298 e. The van der Waals surface area contributed by atoms with Crippen LogP contribution >= 0.6 is 0 Å². The van der Waals surface area contributed by atoms with E-state index >= 15 is 0 Å². The second-order valence-corrected chi connectivity index (χ2v) is 2.90. The van der Waals surface area contributed by atoms with Crippen LogP contribution in [0.15, 0.2) is 0 Å². The smallest absolute Gasteiger partial charge is 0.149 e. The van der Waals surface area contributed by atoms with E-state index in [-0.39, 0.29) is 5.78 Å². The van der Waals surface area contributed by atoms with Crippen LogP contribution in [0.4, 0.5) is 4.48 Å². The first-order chi connectivity index (χ1) is 4.57. The highest BCUT2D eigenvalue weighted by Gasteiger charge is 2.14. The largest absolute Gasteiger partial charge is 0.298 e. The van der Waals surface area contributed by atoms with Gasteiger partial charge in [-0.25, -0.2) is 0 Å². The number of ketones is 1. The first-order valence-electron chi connectivity index (χ1n) is 3.44. The summed E-state index contributed by atoms with van der Waals surface area (Å²) in [5.74, 6) is 0.202. The summed E-state index contributed by atoms with van der Waals surface area (Å²) in [6.45, 7) is 5.29. The fourth-order valence-electron chi connectivity index (χ4n) is 0.759. The molecule has 0 spiro atoms. The van der Waals surface area contributed by atoms with Crippen LogP contribution < -0.4 is 5.54 Å². The Kier molecular flexibility index (Phi) is 4.19. The van der Waals surface area contributed by atoms with Crippen molar-refractivity contribution >= 4 is 5.78 Å². The maximum absolute atomic E-state index is 11.8. The molecule has 0 radical (unpaired) electrons. The molecule has 0 aromatic heterocycles. The molecule has 1 atom stereocenters. The second kappa shape index (κ2) is 4.39. The van der Waals surface area contributed by atoms with Gasteiger partial charge < -0.3 is 0 Å². The molecule has 0 aliphatic rings. The predicted octanol–water partition coefficient (Wildman–Crippen LogP) is 1.46. The van der Waals surface area contributed by atoms with Gasteiger partial charge in [-0.1, -0.05) is 13.8 Å². The quantitative estimate of drug-likeness (QED) is 0.610. The van der Waals surface area contributed by atoms with E-state index in [1.807, 2.05) is 13.8 Å². The van der Waals surface area contributed by atoms with E-state index in [0.717, 1.165) is 0 Å². The molecule has 10 heavy (non-hydrogen) atoms. The van der Waals surface area contributed by atoms with Gasteiger partial charge >= 0.3 is 0 Å². The summed E-state index contributed by atoms with van der Waals surface area (Å²) in [5.41, 5.74) is 1.48. The van der Waals surface area contributed by atoms with Gasteiger partial charge in [-0.3, -0.25) is 4.79 Å². The van der Waals surface area contributed by atoms with Crippen LogP contribution in [0, 0.1) is 5.92 Å². The van der Waals surface area contributed by atoms with Crippen LogP contribution in [0.2, 0.25) is 0 Å². The molecule has 0 aromatic rings. The van der Waals surface area contributed by atoms with Gasteiger partial charge in [0.2, 0.25) is 0 Å². The van der Waals surface area contributed by atoms with Crippen molar-refractivity contribution in [2.45, 2.75) is 33.2 Å². The molecule has 0 aromatic carbocycles. The molecule has 0 fully saturated rings. The van der Waals surface area contributed by atoms with Gasteiger partial charge in [0.05, 0.1) is 6.04 Å². The average molecular weight is 147 g/mol. The molecular weight excluding hydrogens is 133 g/mol. The minimum atomic E-state index is -0.611. The van der Waals surface area contributed by atoms with Crippen LogP contribution in [0.3, 0.4) is 0 Å². The number of carbonyl (C=O) groups excluding carboxylic acids is 1. The monoisotopic (exact) mass is 147 g/mol. The molecule has 0 heterocycles. The van der Waals surface area contributed by atoms with Crippen molar-refractivity contribution in [1.29, 1.82) is 0 Å². The Morgan fingerprint density at radius 3 is 2.20 bits per heavy atom. The van der Waals surface area contributed by atoms with Crippen molar-refractivity contribution in [2.75, 3.05) is 0 Å². The number of carbonyl (C=O) groups is 1. The van der Waals surface area contributed by atoms with E-state index in [9.17, 15) is 9.28 Å². The zero-order valence-corrected chi connectivity index (χ0v) is 6.65. The number of halogens is 1. The fourth-order valence-corrected chi connectivity index (χ4v) is 0.759. The zero-order valence-electron chi connectivity index (χ0n) is 6.65. The Morgan fingerprint density at radius 1 is 1.60 bits per heavy atom. The molecule has 0 aliphatic carbocycles.